The summed E-state index contributed by atoms with van der Waals surface area (Å²) in [7, 11) is 0. The number of hydrogen-bond donors (Lipinski definition) is 0. The van der Waals surface area contributed by atoms with E-state index < -0.39 is 0 Å². The molecule has 0 spiro atoms. The van der Waals surface area contributed by atoms with E-state index in [9.17, 15) is 4.79 Å². The Kier molecular flexibility index (Phi) is 3.10. The molecule has 1 aromatic heterocycles. The van der Waals surface area contributed by atoms with Gasteiger partial charge in [0.2, 0.25) is 0 Å². The SMILES string of the molecule is O=COCc1cc(CBr)on1. The van der Waals surface area contributed by atoms with Gasteiger partial charge in [0.15, 0.2) is 0 Å². The molecule has 1 heterocycles. The van der Waals surface area contributed by atoms with Crippen molar-refractivity contribution in [2.24, 2.45) is 0 Å². The average molecular weight is 220 g/mol. The van der Waals surface area contributed by atoms with E-state index in [0.29, 0.717) is 17.5 Å². The van der Waals surface area contributed by atoms with Crippen LogP contribution >= 0.6 is 15.9 Å². The third-order valence-corrected chi connectivity index (χ3v) is 1.59. The van der Waals surface area contributed by atoms with Crippen LogP contribution in [0.2, 0.25) is 0 Å². The van der Waals surface area contributed by atoms with Gasteiger partial charge in [-0.25, -0.2) is 0 Å². The summed E-state index contributed by atoms with van der Waals surface area (Å²) in [6, 6.07) is 1.72. The molecule has 1 aromatic rings. The fraction of sp³-hybridized carbons (Fsp3) is 0.333. The largest absolute Gasteiger partial charge is 0.461 e. The van der Waals surface area contributed by atoms with Gasteiger partial charge in [-0.3, -0.25) is 4.79 Å². The van der Waals surface area contributed by atoms with Gasteiger partial charge in [0.25, 0.3) is 6.47 Å². The number of aromatic nitrogens is 1. The number of hydrogen-bond acceptors (Lipinski definition) is 4. The zero-order chi connectivity index (χ0) is 8.10. The lowest BCUT2D eigenvalue weighted by Gasteiger charge is -1.88. The maximum absolute atomic E-state index is 9.76. The molecule has 0 saturated heterocycles. The Morgan fingerprint density at radius 2 is 2.64 bits per heavy atom. The van der Waals surface area contributed by atoms with Gasteiger partial charge in [-0.2, -0.15) is 0 Å². The molecule has 0 unspecified atom stereocenters. The minimum atomic E-state index is 0.167. The molecule has 60 valence electrons. The van der Waals surface area contributed by atoms with E-state index in [1.54, 1.807) is 6.07 Å². The highest BCUT2D eigenvalue weighted by Crippen LogP contribution is 2.07. The first-order chi connectivity index (χ1) is 5.36. The van der Waals surface area contributed by atoms with Crippen molar-refractivity contribution in [3.63, 3.8) is 0 Å². The minimum Gasteiger partial charge on any atom is -0.461 e. The highest BCUT2D eigenvalue weighted by atomic mass is 79.9. The highest BCUT2D eigenvalue weighted by molar-refractivity contribution is 9.08. The van der Waals surface area contributed by atoms with E-state index in [1.807, 2.05) is 0 Å². The minimum absolute atomic E-state index is 0.167. The van der Waals surface area contributed by atoms with Crippen molar-refractivity contribution in [2.75, 3.05) is 0 Å². The quantitative estimate of drug-likeness (QED) is 0.565. The number of rotatable bonds is 4. The summed E-state index contributed by atoms with van der Waals surface area (Å²) < 4.78 is 9.28. The lowest BCUT2D eigenvalue weighted by atomic mass is 10.4. The van der Waals surface area contributed by atoms with Crippen LogP contribution in [0.1, 0.15) is 11.5 Å². The zero-order valence-electron chi connectivity index (χ0n) is 5.62. The number of halogens is 1. The molecule has 0 bridgehead atoms. The van der Waals surface area contributed by atoms with Gasteiger partial charge < -0.3 is 9.26 Å². The summed E-state index contributed by atoms with van der Waals surface area (Å²) in [5.41, 5.74) is 0.617. The van der Waals surface area contributed by atoms with Crippen molar-refractivity contribution in [3.8, 4) is 0 Å². The maximum atomic E-state index is 9.76. The topological polar surface area (TPSA) is 52.3 Å². The standard InChI is InChI=1S/C6H6BrNO3/c7-2-6-1-5(8-11-6)3-10-4-9/h1,4H,2-3H2. The van der Waals surface area contributed by atoms with E-state index in [-0.39, 0.29) is 6.61 Å². The molecule has 0 fully saturated rings. The molecule has 0 amide bonds. The fourth-order valence-electron chi connectivity index (χ4n) is 0.606. The van der Waals surface area contributed by atoms with Crippen molar-refractivity contribution >= 4 is 22.4 Å². The maximum Gasteiger partial charge on any atom is 0.293 e. The van der Waals surface area contributed by atoms with E-state index in [2.05, 4.69) is 25.8 Å². The van der Waals surface area contributed by atoms with Crippen molar-refractivity contribution in [1.82, 2.24) is 5.16 Å². The molecule has 0 N–H and O–H groups in total. The van der Waals surface area contributed by atoms with Gasteiger partial charge in [0.1, 0.15) is 18.1 Å². The molecule has 4 nitrogen and oxygen atoms in total. The van der Waals surface area contributed by atoms with Gasteiger partial charge in [-0.05, 0) is 0 Å². The van der Waals surface area contributed by atoms with E-state index in [4.69, 9.17) is 4.52 Å². The Labute approximate surface area is 71.6 Å². The zero-order valence-corrected chi connectivity index (χ0v) is 7.20. The molecule has 11 heavy (non-hydrogen) atoms. The van der Waals surface area contributed by atoms with E-state index in [0.717, 1.165) is 5.76 Å². The molecule has 0 atom stereocenters. The summed E-state index contributed by atoms with van der Waals surface area (Å²) in [4.78, 5) is 9.76. The molecular formula is C6H6BrNO3. The van der Waals surface area contributed by atoms with Crippen LogP contribution in [0.25, 0.3) is 0 Å². The van der Waals surface area contributed by atoms with Gasteiger partial charge in [-0.15, -0.1) is 0 Å². The van der Waals surface area contributed by atoms with E-state index >= 15 is 0 Å². The Morgan fingerprint density at radius 1 is 1.82 bits per heavy atom. The van der Waals surface area contributed by atoms with Crippen LogP contribution in [0.15, 0.2) is 10.6 Å². The molecule has 0 saturated carbocycles. The lowest BCUT2D eigenvalue weighted by molar-refractivity contribution is -0.129. The number of carbonyl (C=O) groups excluding carboxylic acids is 1. The first-order valence-electron chi connectivity index (χ1n) is 2.92. The Morgan fingerprint density at radius 3 is 3.18 bits per heavy atom. The molecule has 0 aliphatic carbocycles. The lowest BCUT2D eigenvalue weighted by Crippen LogP contribution is -1.88. The molecular weight excluding hydrogens is 214 g/mol. The van der Waals surface area contributed by atoms with Crippen LogP contribution in [0, 0.1) is 0 Å². The molecule has 5 heteroatoms. The smallest absolute Gasteiger partial charge is 0.293 e. The van der Waals surface area contributed by atoms with Gasteiger partial charge in [0, 0.05) is 6.07 Å². The van der Waals surface area contributed by atoms with Gasteiger partial charge in [-0.1, -0.05) is 21.1 Å². The normalized spacial score (nSPS) is 9.55. The Hall–Kier alpha value is -0.840. The van der Waals surface area contributed by atoms with Crippen LogP contribution < -0.4 is 0 Å². The Bertz CT molecular complexity index is 235. The van der Waals surface area contributed by atoms with Crippen LogP contribution in [0.4, 0.5) is 0 Å². The van der Waals surface area contributed by atoms with Gasteiger partial charge >= 0.3 is 0 Å². The number of ether oxygens (including phenoxy) is 1. The summed E-state index contributed by atoms with van der Waals surface area (Å²) in [5, 5.41) is 4.25. The molecule has 0 aromatic carbocycles. The number of nitrogens with zero attached hydrogens (tertiary/aromatic N) is 1. The monoisotopic (exact) mass is 219 g/mol. The third-order valence-electron chi connectivity index (χ3n) is 1.04. The predicted octanol–water partition coefficient (Wildman–Crippen LogP) is 1.24. The summed E-state index contributed by atoms with van der Waals surface area (Å²) in [5.74, 6) is 0.717. The second kappa shape index (κ2) is 4.12. The van der Waals surface area contributed by atoms with Crippen molar-refractivity contribution in [1.29, 1.82) is 0 Å². The van der Waals surface area contributed by atoms with Crippen LogP contribution in [0.3, 0.4) is 0 Å². The molecule has 0 radical (unpaired) electrons. The first kappa shape index (κ1) is 8.26. The average Bonchev–Trinajstić information content (AvgIpc) is 2.48. The predicted molar refractivity (Wildman–Crippen MR) is 40.0 cm³/mol. The second-order valence-corrected chi connectivity index (χ2v) is 2.39. The van der Waals surface area contributed by atoms with Crippen LogP contribution in [-0.4, -0.2) is 11.6 Å². The molecule has 1 rings (SSSR count). The van der Waals surface area contributed by atoms with Crippen molar-refractivity contribution < 1.29 is 14.1 Å². The van der Waals surface area contributed by atoms with Gasteiger partial charge in [0.05, 0.1) is 5.33 Å². The van der Waals surface area contributed by atoms with Crippen LogP contribution in [0.5, 0.6) is 0 Å². The molecule has 0 aliphatic heterocycles. The Balaban J connectivity index is 2.50. The summed E-state index contributed by atoms with van der Waals surface area (Å²) >= 11 is 3.19. The van der Waals surface area contributed by atoms with Crippen LogP contribution in [-0.2, 0) is 21.5 Å². The van der Waals surface area contributed by atoms with Crippen molar-refractivity contribution in [2.45, 2.75) is 11.9 Å². The highest BCUT2D eigenvalue weighted by Gasteiger charge is 2.01. The third kappa shape index (κ3) is 2.34. The number of carbonyl (C=O) groups is 1. The van der Waals surface area contributed by atoms with Crippen molar-refractivity contribution in [3.05, 3.63) is 17.5 Å². The van der Waals surface area contributed by atoms with E-state index in [1.165, 1.54) is 0 Å². The number of alkyl halides is 1. The summed E-state index contributed by atoms with van der Waals surface area (Å²) in [6.45, 7) is 0.544. The fourth-order valence-corrected chi connectivity index (χ4v) is 0.870. The molecule has 0 aliphatic rings. The first-order valence-corrected chi connectivity index (χ1v) is 4.04. The second-order valence-electron chi connectivity index (χ2n) is 1.83. The summed E-state index contributed by atoms with van der Waals surface area (Å²) in [6.07, 6.45) is 0.